The summed E-state index contributed by atoms with van der Waals surface area (Å²) in [6.07, 6.45) is 2.22. The second-order valence-electron chi connectivity index (χ2n) is 5.59. The molecule has 0 aromatic heterocycles. The molecule has 128 valence electrons. The highest BCUT2D eigenvalue weighted by Gasteiger charge is 2.22. The van der Waals surface area contributed by atoms with Crippen LogP contribution in [-0.4, -0.2) is 55.5 Å². The van der Waals surface area contributed by atoms with E-state index in [1.807, 2.05) is 7.05 Å². The molecule has 1 fully saturated rings. The van der Waals surface area contributed by atoms with Crippen molar-refractivity contribution < 1.29 is 9.72 Å². The number of nitro benzene ring substituents is 1. The van der Waals surface area contributed by atoms with Crippen molar-refractivity contribution in [2.45, 2.75) is 18.9 Å². The van der Waals surface area contributed by atoms with E-state index in [0.29, 0.717) is 18.3 Å². The largest absolute Gasteiger partial charge is 0.316 e. The summed E-state index contributed by atoms with van der Waals surface area (Å²) >= 11 is 0. The maximum absolute atomic E-state index is 12.4. The summed E-state index contributed by atoms with van der Waals surface area (Å²) in [4.78, 5) is 26.3. The third-order valence-electron chi connectivity index (χ3n) is 4.09. The highest BCUT2D eigenvalue weighted by molar-refractivity contribution is 5.94. The van der Waals surface area contributed by atoms with Crippen molar-refractivity contribution >= 4 is 29.7 Å². The number of carbonyl (C=O) groups is 1. The number of likely N-dealkylation sites (N-methyl/N-ethyl adjacent to an activating group) is 2. The number of piperidine rings is 1. The van der Waals surface area contributed by atoms with Gasteiger partial charge < -0.3 is 10.2 Å². The molecule has 0 bridgehead atoms. The molecule has 1 aromatic carbocycles. The SMILES string of the molecule is CNC1CCCN(CC(=O)N(C)c2ccc([N+](=O)[O-])cc2)C1.Cl. The zero-order chi connectivity index (χ0) is 16.1. The Kier molecular flexibility index (Phi) is 7.41. The van der Waals surface area contributed by atoms with E-state index in [0.717, 1.165) is 25.9 Å². The molecule has 1 heterocycles. The van der Waals surface area contributed by atoms with E-state index in [1.165, 1.54) is 12.1 Å². The molecule has 1 unspecified atom stereocenters. The minimum Gasteiger partial charge on any atom is -0.316 e. The summed E-state index contributed by atoms with van der Waals surface area (Å²) in [5.41, 5.74) is 0.690. The van der Waals surface area contributed by atoms with Gasteiger partial charge in [0.15, 0.2) is 0 Å². The monoisotopic (exact) mass is 342 g/mol. The van der Waals surface area contributed by atoms with Gasteiger partial charge in [-0.05, 0) is 38.6 Å². The molecule has 2 rings (SSSR count). The van der Waals surface area contributed by atoms with Gasteiger partial charge in [-0.25, -0.2) is 0 Å². The lowest BCUT2D eigenvalue weighted by molar-refractivity contribution is -0.384. The molecule has 1 N–H and O–H groups in total. The van der Waals surface area contributed by atoms with Crippen molar-refractivity contribution in [3.63, 3.8) is 0 Å². The quantitative estimate of drug-likeness (QED) is 0.650. The van der Waals surface area contributed by atoms with E-state index in [1.54, 1.807) is 24.1 Å². The maximum atomic E-state index is 12.4. The number of rotatable bonds is 5. The van der Waals surface area contributed by atoms with Crippen LogP contribution in [0.4, 0.5) is 11.4 Å². The Labute approximate surface area is 142 Å². The second kappa shape index (κ2) is 8.81. The third-order valence-corrected chi connectivity index (χ3v) is 4.09. The van der Waals surface area contributed by atoms with Crippen LogP contribution < -0.4 is 10.2 Å². The number of non-ortho nitro benzene ring substituents is 1. The molecule has 0 radical (unpaired) electrons. The molecule has 1 aliphatic rings. The van der Waals surface area contributed by atoms with Gasteiger partial charge in [-0.2, -0.15) is 0 Å². The smallest absolute Gasteiger partial charge is 0.269 e. The summed E-state index contributed by atoms with van der Waals surface area (Å²) in [5, 5.41) is 13.9. The number of nitrogens with one attached hydrogen (secondary N) is 1. The minimum atomic E-state index is -0.447. The number of nitrogens with zero attached hydrogens (tertiary/aromatic N) is 3. The zero-order valence-corrected chi connectivity index (χ0v) is 14.2. The maximum Gasteiger partial charge on any atom is 0.269 e. The predicted molar refractivity (Wildman–Crippen MR) is 92.3 cm³/mol. The predicted octanol–water partition coefficient (Wildman–Crippen LogP) is 1.66. The number of anilines is 1. The van der Waals surface area contributed by atoms with Crippen LogP contribution in [0.15, 0.2) is 24.3 Å². The van der Waals surface area contributed by atoms with Crippen molar-refractivity contribution in [1.82, 2.24) is 10.2 Å². The Morgan fingerprint density at radius 2 is 2.09 bits per heavy atom. The number of amides is 1. The fourth-order valence-corrected chi connectivity index (χ4v) is 2.67. The van der Waals surface area contributed by atoms with Gasteiger partial charge in [-0.15, -0.1) is 12.4 Å². The molecule has 8 heteroatoms. The van der Waals surface area contributed by atoms with Gasteiger partial charge in [0.05, 0.1) is 11.5 Å². The van der Waals surface area contributed by atoms with Crippen molar-refractivity contribution in [2.75, 3.05) is 38.6 Å². The standard InChI is InChI=1S/C15H22N4O3.ClH/c1-16-12-4-3-9-18(10-12)11-15(20)17(2)13-5-7-14(8-6-13)19(21)22;/h5-8,12,16H,3-4,9-11H2,1-2H3;1H. The van der Waals surface area contributed by atoms with Gasteiger partial charge in [0.1, 0.15) is 0 Å². The Bertz CT molecular complexity index is 538. The molecular weight excluding hydrogens is 320 g/mol. The van der Waals surface area contributed by atoms with E-state index in [-0.39, 0.29) is 24.0 Å². The average Bonchev–Trinajstić information content (AvgIpc) is 2.54. The van der Waals surface area contributed by atoms with E-state index in [4.69, 9.17) is 0 Å². The van der Waals surface area contributed by atoms with Crippen molar-refractivity contribution in [2.24, 2.45) is 0 Å². The van der Waals surface area contributed by atoms with Gasteiger partial charge in [0, 0.05) is 37.5 Å². The normalized spacial score (nSPS) is 18.1. The molecule has 1 atom stereocenters. The summed E-state index contributed by atoms with van der Waals surface area (Å²) in [7, 11) is 3.64. The number of nitro groups is 1. The van der Waals surface area contributed by atoms with Crippen molar-refractivity contribution in [1.29, 1.82) is 0 Å². The zero-order valence-electron chi connectivity index (χ0n) is 13.4. The first-order valence-electron chi connectivity index (χ1n) is 7.42. The van der Waals surface area contributed by atoms with Crippen LogP contribution >= 0.6 is 12.4 Å². The van der Waals surface area contributed by atoms with E-state index in [2.05, 4.69) is 10.2 Å². The molecule has 1 amide bonds. The van der Waals surface area contributed by atoms with Gasteiger partial charge in [0.2, 0.25) is 5.91 Å². The Hall–Kier alpha value is -1.70. The lowest BCUT2D eigenvalue weighted by Gasteiger charge is -2.33. The first-order chi connectivity index (χ1) is 10.5. The first kappa shape index (κ1) is 19.3. The lowest BCUT2D eigenvalue weighted by atomic mass is 10.1. The highest BCUT2D eigenvalue weighted by atomic mass is 35.5. The Morgan fingerprint density at radius 3 is 2.65 bits per heavy atom. The van der Waals surface area contributed by atoms with Crippen LogP contribution in [0, 0.1) is 10.1 Å². The molecule has 7 nitrogen and oxygen atoms in total. The molecule has 1 saturated heterocycles. The van der Waals surface area contributed by atoms with Crippen LogP contribution in [-0.2, 0) is 4.79 Å². The van der Waals surface area contributed by atoms with Crippen LogP contribution in [0.2, 0.25) is 0 Å². The molecule has 23 heavy (non-hydrogen) atoms. The first-order valence-corrected chi connectivity index (χ1v) is 7.42. The third kappa shape index (κ3) is 5.16. The minimum absolute atomic E-state index is 0. The van der Waals surface area contributed by atoms with Gasteiger partial charge in [-0.1, -0.05) is 0 Å². The number of hydrogen-bond donors (Lipinski definition) is 1. The average molecular weight is 343 g/mol. The molecular formula is C15H23ClN4O3. The topological polar surface area (TPSA) is 78.7 Å². The lowest BCUT2D eigenvalue weighted by Crippen LogP contribution is -2.48. The summed E-state index contributed by atoms with van der Waals surface area (Å²) < 4.78 is 0. The van der Waals surface area contributed by atoms with Crippen molar-refractivity contribution in [3.05, 3.63) is 34.4 Å². The second-order valence-corrected chi connectivity index (χ2v) is 5.59. The number of halogens is 1. The number of carbonyl (C=O) groups excluding carboxylic acids is 1. The number of hydrogen-bond acceptors (Lipinski definition) is 5. The van der Waals surface area contributed by atoms with Crippen molar-refractivity contribution in [3.8, 4) is 0 Å². The fraction of sp³-hybridized carbons (Fsp3) is 0.533. The Balaban J connectivity index is 0.00000264. The molecule has 1 aliphatic heterocycles. The summed E-state index contributed by atoms with van der Waals surface area (Å²) in [5.74, 6) is -0.00870. The van der Waals surface area contributed by atoms with E-state index >= 15 is 0 Å². The van der Waals surface area contributed by atoms with Crippen LogP contribution in [0.5, 0.6) is 0 Å². The van der Waals surface area contributed by atoms with Crippen LogP contribution in [0.25, 0.3) is 0 Å². The van der Waals surface area contributed by atoms with Gasteiger partial charge >= 0.3 is 0 Å². The molecule has 0 aliphatic carbocycles. The summed E-state index contributed by atoms with van der Waals surface area (Å²) in [6.45, 7) is 2.17. The van der Waals surface area contributed by atoms with E-state index in [9.17, 15) is 14.9 Å². The van der Waals surface area contributed by atoms with Gasteiger partial charge in [-0.3, -0.25) is 19.8 Å². The highest BCUT2D eigenvalue weighted by Crippen LogP contribution is 2.19. The Morgan fingerprint density at radius 1 is 1.43 bits per heavy atom. The molecule has 0 saturated carbocycles. The number of likely N-dealkylation sites (tertiary alicyclic amines) is 1. The number of benzene rings is 1. The molecule has 0 spiro atoms. The fourth-order valence-electron chi connectivity index (χ4n) is 2.67. The summed E-state index contributed by atoms with van der Waals surface area (Å²) in [6, 6.07) is 6.46. The van der Waals surface area contributed by atoms with E-state index < -0.39 is 4.92 Å². The molecule has 1 aromatic rings. The van der Waals surface area contributed by atoms with Crippen LogP contribution in [0.3, 0.4) is 0 Å². The van der Waals surface area contributed by atoms with Gasteiger partial charge in [0.25, 0.3) is 5.69 Å². The van der Waals surface area contributed by atoms with Crippen LogP contribution in [0.1, 0.15) is 12.8 Å².